The smallest absolute Gasteiger partial charge is 0.321 e. The fourth-order valence-corrected chi connectivity index (χ4v) is 1.15. The van der Waals surface area contributed by atoms with Crippen molar-refractivity contribution in [3.05, 3.63) is 35.4 Å². The summed E-state index contributed by atoms with van der Waals surface area (Å²) in [6.45, 7) is 1.96. The second kappa shape index (κ2) is 4.43. The molecular formula is C11H11NO2. The zero-order valence-electron chi connectivity index (χ0n) is 7.90. The predicted molar refractivity (Wildman–Crippen MR) is 51.6 cm³/mol. The van der Waals surface area contributed by atoms with Crippen molar-refractivity contribution < 1.29 is 9.90 Å². The first kappa shape index (κ1) is 10.3. The molecule has 0 amide bonds. The van der Waals surface area contributed by atoms with Crippen LogP contribution in [0.25, 0.3) is 0 Å². The molecule has 1 aromatic carbocycles. The number of nitrogens with zero attached hydrogens (tertiary/aromatic N) is 1. The number of benzene rings is 1. The molecule has 0 unspecified atom stereocenters. The van der Waals surface area contributed by atoms with Gasteiger partial charge in [-0.25, -0.2) is 0 Å². The second-order valence-electron chi connectivity index (χ2n) is 3.21. The number of aliphatic carboxylic acids is 1. The van der Waals surface area contributed by atoms with E-state index >= 15 is 0 Å². The molecule has 14 heavy (non-hydrogen) atoms. The van der Waals surface area contributed by atoms with Crippen LogP contribution in [0.15, 0.2) is 24.3 Å². The van der Waals surface area contributed by atoms with Crippen LogP contribution in [0.4, 0.5) is 0 Å². The minimum atomic E-state index is -1.06. The third-order valence-electron chi connectivity index (χ3n) is 2.01. The van der Waals surface area contributed by atoms with E-state index < -0.39 is 11.9 Å². The van der Waals surface area contributed by atoms with Gasteiger partial charge in [0.25, 0.3) is 0 Å². The van der Waals surface area contributed by atoms with Crippen LogP contribution in [0, 0.1) is 24.2 Å². The summed E-state index contributed by atoms with van der Waals surface area (Å²) >= 11 is 0. The Morgan fingerprint density at radius 3 is 2.50 bits per heavy atom. The van der Waals surface area contributed by atoms with Gasteiger partial charge in [0.05, 0.1) is 6.07 Å². The highest BCUT2D eigenvalue weighted by molar-refractivity contribution is 5.73. The molecule has 1 aromatic rings. The van der Waals surface area contributed by atoms with Crippen molar-refractivity contribution in [1.82, 2.24) is 0 Å². The van der Waals surface area contributed by atoms with Crippen molar-refractivity contribution >= 4 is 5.97 Å². The van der Waals surface area contributed by atoms with Gasteiger partial charge in [0, 0.05) is 0 Å². The monoisotopic (exact) mass is 189 g/mol. The standard InChI is InChI=1S/C11H11NO2/c1-8-2-4-9(5-3-8)6-10(7-12)11(13)14/h2-5,10H,6H2,1H3,(H,13,14)/t10-/m0/s1. The average Bonchev–Trinajstić information content (AvgIpc) is 2.16. The summed E-state index contributed by atoms with van der Waals surface area (Å²) in [5.41, 5.74) is 2.00. The SMILES string of the molecule is Cc1ccc(C[C@@H](C#N)C(=O)O)cc1. The number of carboxylic acids is 1. The Balaban J connectivity index is 2.74. The topological polar surface area (TPSA) is 61.1 Å². The zero-order chi connectivity index (χ0) is 10.6. The molecule has 0 aliphatic carbocycles. The molecule has 3 nitrogen and oxygen atoms in total. The summed E-state index contributed by atoms with van der Waals surface area (Å²) in [4.78, 5) is 10.6. The molecule has 0 heterocycles. The van der Waals surface area contributed by atoms with Gasteiger partial charge in [-0.1, -0.05) is 29.8 Å². The van der Waals surface area contributed by atoms with E-state index in [1.54, 1.807) is 6.07 Å². The van der Waals surface area contributed by atoms with Crippen LogP contribution < -0.4 is 0 Å². The summed E-state index contributed by atoms with van der Waals surface area (Å²) in [6, 6.07) is 9.28. The maximum absolute atomic E-state index is 10.6. The molecule has 0 spiro atoms. The van der Waals surface area contributed by atoms with Crippen molar-refractivity contribution in [3.8, 4) is 6.07 Å². The Kier molecular flexibility index (Phi) is 3.24. The van der Waals surface area contributed by atoms with E-state index in [1.807, 2.05) is 31.2 Å². The Labute approximate surface area is 82.6 Å². The van der Waals surface area contributed by atoms with Crippen molar-refractivity contribution in [2.75, 3.05) is 0 Å². The number of hydrogen-bond acceptors (Lipinski definition) is 2. The molecule has 0 saturated heterocycles. The van der Waals surface area contributed by atoms with Crippen molar-refractivity contribution in [2.45, 2.75) is 13.3 Å². The van der Waals surface area contributed by atoms with Crippen LogP contribution in [0.2, 0.25) is 0 Å². The molecule has 1 rings (SSSR count). The Bertz CT molecular complexity index is 362. The average molecular weight is 189 g/mol. The minimum Gasteiger partial charge on any atom is -0.480 e. The van der Waals surface area contributed by atoms with E-state index in [4.69, 9.17) is 10.4 Å². The van der Waals surface area contributed by atoms with E-state index in [0.29, 0.717) is 0 Å². The minimum absolute atomic E-state index is 0.270. The molecule has 1 N–H and O–H groups in total. The van der Waals surface area contributed by atoms with E-state index in [9.17, 15) is 4.79 Å². The molecule has 72 valence electrons. The molecular weight excluding hydrogens is 178 g/mol. The van der Waals surface area contributed by atoms with Gasteiger partial charge < -0.3 is 5.11 Å². The third kappa shape index (κ3) is 2.60. The molecule has 0 aliphatic heterocycles. The van der Waals surface area contributed by atoms with Gasteiger partial charge in [0.1, 0.15) is 5.92 Å². The van der Waals surface area contributed by atoms with Gasteiger partial charge >= 0.3 is 5.97 Å². The van der Waals surface area contributed by atoms with Crippen LogP contribution in [-0.2, 0) is 11.2 Å². The lowest BCUT2D eigenvalue weighted by Crippen LogP contribution is -2.14. The van der Waals surface area contributed by atoms with Crippen LogP contribution in [-0.4, -0.2) is 11.1 Å². The molecule has 0 bridgehead atoms. The maximum Gasteiger partial charge on any atom is 0.321 e. The van der Waals surface area contributed by atoms with E-state index in [1.165, 1.54) is 0 Å². The first-order valence-electron chi connectivity index (χ1n) is 4.31. The van der Waals surface area contributed by atoms with Gasteiger partial charge in [0.15, 0.2) is 0 Å². The van der Waals surface area contributed by atoms with Gasteiger partial charge in [-0.05, 0) is 18.9 Å². The van der Waals surface area contributed by atoms with E-state index in [-0.39, 0.29) is 6.42 Å². The second-order valence-corrected chi connectivity index (χ2v) is 3.21. The predicted octanol–water partition coefficient (Wildman–Crippen LogP) is 1.76. The van der Waals surface area contributed by atoms with E-state index in [2.05, 4.69) is 0 Å². The largest absolute Gasteiger partial charge is 0.480 e. The normalized spacial score (nSPS) is 11.7. The zero-order valence-corrected chi connectivity index (χ0v) is 7.90. The van der Waals surface area contributed by atoms with Gasteiger partial charge in [-0.15, -0.1) is 0 Å². The summed E-state index contributed by atoms with van der Waals surface area (Å²) in [7, 11) is 0. The summed E-state index contributed by atoms with van der Waals surface area (Å²) in [6.07, 6.45) is 0.270. The lowest BCUT2D eigenvalue weighted by Gasteiger charge is -2.03. The van der Waals surface area contributed by atoms with Crippen LogP contribution in [0.3, 0.4) is 0 Å². The Morgan fingerprint density at radius 2 is 2.07 bits per heavy atom. The number of carbonyl (C=O) groups is 1. The highest BCUT2D eigenvalue weighted by Crippen LogP contribution is 2.09. The highest BCUT2D eigenvalue weighted by atomic mass is 16.4. The van der Waals surface area contributed by atoms with Gasteiger partial charge in [0.2, 0.25) is 0 Å². The van der Waals surface area contributed by atoms with Crippen LogP contribution in [0.5, 0.6) is 0 Å². The lowest BCUT2D eigenvalue weighted by molar-refractivity contribution is -0.139. The number of hydrogen-bond donors (Lipinski definition) is 1. The van der Waals surface area contributed by atoms with Crippen molar-refractivity contribution in [2.24, 2.45) is 5.92 Å². The summed E-state index contributed by atoms with van der Waals surface area (Å²) in [5, 5.41) is 17.2. The fraction of sp³-hybridized carbons (Fsp3) is 0.273. The first-order valence-corrected chi connectivity index (χ1v) is 4.31. The molecule has 0 aromatic heterocycles. The maximum atomic E-state index is 10.6. The quantitative estimate of drug-likeness (QED) is 0.788. The Hall–Kier alpha value is -1.82. The summed E-state index contributed by atoms with van der Waals surface area (Å²) < 4.78 is 0. The molecule has 0 radical (unpaired) electrons. The van der Waals surface area contributed by atoms with E-state index in [0.717, 1.165) is 11.1 Å². The van der Waals surface area contributed by atoms with Gasteiger partial charge in [-0.3, -0.25) is 4.79 Å². The fourth-order valence-electron chi connectivity index (χ4n) is 1.15. The number of nitriles is 1. The molecule has 1 atom stereocenters. The summed E-state index contributed by atoms with van der Waals surface area (Å²) in [5.74, 6) is -2.01. The van der Waals surface area contributed by atoms with Crippen molar-refractivity contribution in [1.29, 1.82) is 5.26 Å². The lowest BCUT2D eigenvalue weighted by atomic mass is 10.0. The number of rotatable bonds is 3. The Morgan fingerprint density at radius 1 is 1.50 bits per heavy atom. The molecule has 0 saturated carbocycles. The highest BCUT2D eigenvalue weighted by Gasteiger charge is 2.16. The van der Waals surface area contributed by atoms with Crippen LogP contribution >= 0.6 is 0 Å². The molecule has 0 fully saturated rings. The van der Waals surface area contributed by atoms with Gasteiger partial charge in [-0.2, -0.15) is 5.26 Å². The third-order valence-corrected chi connectivity index (χ3v) is 2.01. The van der Waals surface area contributed by atoms with Crippen molar-refractivity contribution in [3.63, 3.8) is 0 Å². The van der Waals surface area contributed by atoms with Crippen LogP contribution in [0.1, 0.15) is 11.1 Å². The first-order chi connectivity index (χ1) is 6.63. The number of aryl methyl sites for hydroxylation is 1. The molecule has 0 aliphatic rings. The number of carboxylic acid groups (broad SMARTS) is 1. The molecule has 3 heteroatoms.